The van der Waals surface area contributed by atoms with Crippen LogP contribution in [0.25, 0.3) is 0 Å². The van der Waals surface area contributed by atoms with Gasteiger partial charge in [0.05, 0.1) is 4.90 Å². The predicted octanol–water partition coefficient (Wildman–Crippen LogP) is 1.93. The van der Waals surface area contributed by atoms with Crippen LogP contribution < -0.4 is 0 Å². The van der Waals surface area contributed by atoms with E-state index in [0.29, 0.717) is 43.1 Å². The summed E-state index contributed by atoms with van der Waals surface area (Å²) in [6.07, 6.45) is 3.78. The smallest absolute Gasteiger partial charge is 0.254 e. The number of nitrogens with zero attached hydrogens (tertiary/aromatic N) is 3. The van der Waals surface area contributed by atoms with Crippen LogP contribution in [0.2, 0.25) is 0 Å². The van der Waals surface area contributed by atoms with Crippen LogP contribution >= 0.6 is 0 Å². The molecular weight excluding hydrogens is 338 g/mol. The average molecular weight is 359 g/mol. The average Bonchev–Trinajstić information content (AvgIpc) is 2.89. The van der Waals surface area contributed by atoms with E-state index in [4.69, 9.17) is 0 Å². The highest BCUT2D eigenvalue weighted by Gasteiger charge is 2.29. The molecule has 2 aromatic rings. The minimum atomic E-state index is -3.54. The number of hydrogen-bond donors (Lipinski definition) is 0. The normalized spacial score (nSPS) is 16.4. The minimum Gasteiger partial charge on any atom is -0.337 e. The number of benzene rings is 1. The van der Waals surface area contributed by atoms with Gasteiger partial charge in [-0.3, -0.25) is 9.78 Å². The van der Waals surface area contributed by atoms with Crippen molar-refractivity contribution in [2.24, 2.45) is 0 Å². The fourth-order valence-electron chi connectivity index (χ4n) is 3.00. The molecule has 1 amide bonds. The number of rotatable bonds is 3. The Balaban J connectivity index is 1.76. The standard InChI is InChI=1S/C18H21N3O3S/c1-15-5-2-3-6-17(15)25(23,24)21-12-4-11-20(13-14-21)18(22)16-7-9-19-10-8-16/h2-3,5-10H,4,11-14H2,1H3. The van der Waals surface area contributed by atoms with E-state index in [0.717, 1.165) is 5.56 Å². The first-order valence-corrected chi connectivity index (χ1v) is 9.69. The van der Waals surface area contributed by atoms with Crippen molar-refractivity contribution in [1.29, 1.82) is 0 Å². The molecule has 0 bridgehead atoms. The van der Waals surface area contributed by atoms with Gasteiger partial charge in [0.15, 0.2) is 0 Å². The maximum Gasteiger partial charge on any atom is 0.254 e. The van der Waals surface area contributed by atoms with Gasteiger partial charge in [0, 0.05) is 44.1 Å². The summed E-state index contributed by atoms with van der Waals surface area (Å²) < 4.78 is 27.3. The highest BCUT2D eigenvalue weighted by molar-refractivity contribution is 7.89. The molecule has 7 heteroatoms. The van der Waals surface area contributed by atoms with E-state index in [1.54, 1.807) is 54.5 Å². The molecule has 1 fully saturated rings. The first-order chi connectivity index (χ1) is 12.0. The van der Waals surface area contributed by atoms with E-state index in [1.807, 2.05) is 6.07 Å². The molecule has 3 rings (SSSR count). The van der Waals surface area contributed by atoms with Crippen LogP contribution in [0.1, 0.15) is 22.3 Å². The molecular formula is C18H21N3O3S. The molecule has 0 radical (unpaired) electrons. The summed E-state index contributed by atoms with van der Waals surface area (Å²) in [6.45, 7) is 3.43. The molecule has 0 aliphatic carbocycles. The van der Waals surface area contributed by atoms with E-state index in [2.05, 4.69) is 4.98 Å². The first-order valence-electron chi connectivity index (χ1n) is 8.25. The predicted molar refractivity (Wildman–Crippen MR) is 94.7 cm³/mol. The summed E-state index contributed by atoms with van der Waals surface area (Å²) in [4.78, 5) is 18.5. The van der Waals surface area contributed by atoms with Crippen molar-refractivity contribution in [2.75, 3.05) is 26.2 Å². The van der Waals surface area contributed by atoms with Crippen molar-refractivity contribution in [3.05, 3.63) is 59.9 Å². The van der Waals surface area contributed by atoms with E-state index >= 15 is 0 Å². The summed E-state index contributed by atoms with van der Waals surface area (Å²) in [7, 11) is -3.54. The van der Waals surface area contributed by atoms with Crippen molar-refractivity contribution in [3.63, 3.8) is 0 Å². The van der Waals surface area contributed by atoms with Gasteiger partial charge in [0.2, 0.25) is 10.0 Å². The third-order valence-corrected chi connectivity index (χ3v) is 6.44. The summed E-state index contributed by atoms with van der Waals surface area (Å²) in [5.41, 5.74) is 1.31. The maximum absolute atomic E-state index is 12.9. The third-order valence-electron chi connectivity index (χ3n) is 4.38. The Kier molecular flexibility index (Phi) is 5.15. The number of hydrogen-bond acceptors (Lipinski definition) is 4. The van der Waals surface area contributed by atoms with Gasteiger partial charge in [-0.1, -0.05) is 18.2 Å². The van der Waals surface area contributed by atoms with Crippen LogP contribution in [0, 0.1) is 6.92 Å². The monoisotopic (exact) mass is 359 g/mol. The topological polar surface area (TPSA) is 70.6 Å². The van der Waals surface area contributed by atoms with Crippen molar-refractivity contribution in [2.45, 2.75) is 18.2 Å². The van der Waals surface area contributed by atoms with Crippen LogP contribution in [0.15, 0.2) is 53.7 Å². The highest BCUT2D eigenvalue weighted by atomic mass is 32.2. The quantitative estimate of drug-likeness (QED) is 0.840. The van der Waals surface area contributed by atoms with Crippen molar-refractivity contribution < 1.29 is 13.2 Å². The van der Waals surface area contributed by atoms with Gasteiger partial charge in [-0.25, -0.2) is 8.42 Å². The maximum atomic E-state index is 12.9. The van der Waals surface area contributed by atoms with Gasteiger partial charge >= 0.3 is 0 Å². The lowest BCUT2D eigenvalue weighted by Crippen LogP contribution is -2.37. The molecule has 2 heterocycles. The molecule has 25 heavy (non-hydrogen) atoms. The zero-order valence-electron chi connectivity index (χ0n) is 14.1. The van der Waals surface area contributed by atoms with Crippen LogP contribution in [0.5, 0.6) is 0 Å². The number of amides is 1. The van der Waals surface area contributed by atoms with Gasteiger partial charge in [0.25, 0.3) is 5.91 Å². The minimum absolute atomic E-state index is 0.0856. The van der Waals surface area contributed by atoms with Crippen LogP contribution in [-0.4, -0.2) is 54.7 Å². The molecule has 0 atom stereocenters. The van der Waals surface area contributed by atoms with Crippen molar-refractivity contribution in [3.8, 4) is 0 Å². The highest BCUT2D eigenvalue weighted by Crippen LogP contribution is 2.21. The van der Waals surface area contributed by atoms with E-state index in [-0.39, 0.29) is 5.91 Å². The van der Waals surface area contributed by atoms with Crippen molar-refractivity contribution in [1.82, 2.24) is 14.2 Å². The van der Waals surface area contributed by atoms with E-state index < -0.39 is 10.0 Å². The van der Waals surface area contributed by atoms with Crippen LogP contribution in [0.3, 0.4) is 0 Å². The second-order valence-corrected chi connectivity index (χ2v) is 7.96. The van der Waals surface area contributed by atoms with E-state index in [1.165, 1.54) is 4.31 Å². The van der Waals surface area contributed by atoms with Gasteiger partial charge in [-0.15, -0.1) is 0 Å². The summed E-state index contributed by atoms with van der Waals surface area (Å²) >= 11 is 0. The second kappa shape index (κ2) is 7.33. The largest absolute Gasteiger partial charge is 0.337 e. The Hall–Kier alpha value is -2.25. The Morgan fingerprint density at radius 3 is 2.44 bits per heavy atom. The van der Waals surface area contributed by atoms with Gasteiger partial charge < -0.3 is 4.90 Å². The zero-order valence-corrected chi connectivity index (χ0v) is 14.9. The molecule has 0 saturated carbocycles. The summed E-state index contributed by atoms with van der Waals surface area (Å²) in [5, 5.41) is 0. The number of carbonyl (C=O) groups is 1. The number of aryl methyl sites for hydroxylation is 1. The zero-order chi connectivity index (χ0) is 17.9. The van der Waals surface area contributed by atoms with Gasteiger partial charge in [-0.2, -0.15) is 4.31 Å². The van der Waals surface area contributed by atoms with Crippen molar-refractivity contribution >= 4 is 15.9 Å². The fourth-order valence-corrected chi connectivity index (χ4v) is 4.69. The molecule has 0 N–H and O–H groups in total. The van der Waals surface area contributed by atoms with Gasteiger partial charge in [0.1, 0.15) is 0 Å². The summed E-state index contributed by atoms with van der Waals surface area (Å²) in [5.74, 6) is -0.0856. The molecule has 1 aliphatic heterocycles. The number of aromatic nitrogens is 1. The lowest BCUT2D eigenvalue weighted by molar-refractivity contribution is 0.0764. The van der Waals surface area contributed by atoms with Crippen LogP contribution in [0.4, 0.5) is 0 Å². The Bertz CT molecular complexity index is 853. The second-order valence-electron chi connectivity index (χ2n) is 6.05. The molecule has 1 saturated heterocycles. The summed E-state index contributed by atoms with van der Waals surface area (Å²) in [6, 6.07) is 10.3. The SMILES string of the molecule is Cc1ccccc1S(=O)(=O)N1CCCN(C(=O)c2ccncc2)CC1. The van der Waals surface area contributed by atoms with E-state index in [9.17, 15) is 13.2 Å². The molecule has 1 aromatic heterocycles. The Labute approximate surface area is 148 Å². The Morgan fingerprint density at radius 2 is 1.72 bits per heavy atom. The number of pyridine rings is 1. The van der Waals surface area contributed by atoms with Gasteiger partial charge in [-0.05, 0) is 37.1 Å². The van der Waals surface area contributed by atoms with Crippen LogP contribution in [-0.2, 0) is 10.0 Å². The molecule has 0 spiro atoms. The lowest BCUT2D eigenvalue weighted by Gasteiger charge is -2.22. The third kappa shape index (κ3) is 3.72. The fraction of sp³-hybridized carbons (Fsp3) is 0.333. The first kappa shape index (κ1) is 17.6. The number of sulfonamides is 1. The molecule has 1 aromatic carbocycles. The number of carbonyl (C=O) groups excluding carboxylic acids is 1. The molecule has 0 unspecified atom stereocenters. The lowest BCUT2D eigenvalue weighted by atomic mass is 10.2. The molecule has 1 aliphatic rings. The molecule has 6 nitrogen and oxygen atoms in total. The molecule has 132 valence electrons. The Morgan fingerprint density at radius 1 is 1.00 bits per heavy atom.